The molecule has 0 aliphatic heterocycles. The first-order valence-electron chi connectivity index (χ1n) is 4.26. The number of ether oxygens (including phenoxy) is 2. The van der Waals surface area contributed by atoms with Crippen LogP contribution in [-0.4, -0.2) is 26.3 Å². The molecule has 0 amide bonds. The largest absolute Gasteiger partial charge is 0.460 e. The second kappa shape index (κ2) is 6.25. The van der Waals surface area contributed by atoms with Gasteiger partial charge >= 0.3 is 5.97 Å². The maximum atomic E-state index is 11.6. The molecule has 3 nitrogen and oxygen atoms in total. The Morgan fingerprint density at radius 3 is 2.73 bits per heavy atom. The summed E-state index contributed by atoms with van der Waals surface area (Å²) in [5.74, 6) is -0.361. The van der Waals surface area contributed by atoms with Gasteiger partial charge in [0, 0.05) is 16.1 Å². The summed E-state index contributed by atoms with van der Waals surface area (Å²) in [5, 5.41) is 0. The number of carbonyl (C=O) groups excluding carboxylic acids is 1. The van der Waals surface area contributed by atoms with Gasteiger partial charge in [0.2, 0.25) is 0 Å². The van der Waals surface area contributed by atoms with Crippen molar-refractivity contribution in [2.45, 2.75) is 0 Å². The highest BCUT2D eigenvalue weighted by molar-refractivity contribution is 9.11. The second-order valence-electron chi connectivity index (χ2n) is 2.75. The molecule has 0 aromatic heterocycles. The van der Waals surface area contributed by atoms with Gasteiger partial charge < -0.3 is 9.47 Å². The lowest BCUT2D eigenvalue weighted by atomic mass is 10.2. The SMILES string of the molecule is COCCOC(=O)c1cc(Br)ccc1Br. The minimum atomic E-state index is -0.361. The molecule has 0 aliphatic rings. The number of esters is 1. The van der Waals surface area contributed by atoms with Crippen LogP contribution in [0.4, 0.5) is 0 Å². The van der Waals surface area contributed by atoms with Crippen LogP contribution in [0.15, 0.2) is 27.1 Å². The Kier molecular flexibility index (Phi) is 5.28. The van der Waals surface area contributed by atoms with Crippen molar-refractivity contribution in [3.63, 3.8) is 0 Å². The van der Waals surface area contributed by atoms with Crippen LogP contribution in [0, 0.1) is 0 Å². The molecule has 0 atom stereocenters. The van der Waals surface area contributed by atoms with Crippen molar-refractivity contribution in [2.75, 3.05) is 20.3 Å². The summed E-state index contributed by atoms with van der Waals surface area (Å²) in [6, 6.07) is 5.34. The third-order valence-corrected chi connectivity index (χ3v) is 2.85. The van der Waals surface area contributed by atoms with Crippen LogP contribution < -0.4 is 0 Å². The predicted octanol–water partition coefficient (Wildman–Crippen LogP) is 3.01. The third kappa shape index (κ3) is 3.93. The molecule has 1 rings (SSSR count). The summed E-state index contributed by atoms with van der Waals surface area (Å²) in [4.78, 5) is 11.6. The van der Waals surface area contributed by atoms with E-state index in [9.17, 15) is 4.79 Å². The van der Waals surface area contributed by atoms with Crippen molar-refractivity contribution in [3.05, 3.63) is 32.7 Å². The zero-order chi connectivity index (χ0) is 11.3. The quantitative estimate of drug-likeness (QED) is 0.626. The van der Waals surface area contributed by atoms with Crippen LogP contribution >= 0.6 is 31.9 Å². The van der Waals surface area contributed by atoms with Crippen LogP contribution in [0.2, 0.25) is 0 Å². The van der Waals surface area contributed by atoms with E-state index in [1.807, 2.05) is 6.07 Å². The lowest BCUT2D eigenvalue weighted by Gasteiger charge is -2.06. The number of methoxy groups -OCH3 is 1. The van der Waals surface area contributed by atoms with Crippen molar-refractivity contribution >= 4 is 37.8 Å². The zero-order valence-electron chi connectivity index (χ0n) is 8.13. The molecule has 0 saturated heterocycles. The first kappa shape index (κ1) is 12.7. The molecule has 1 aromatic rings. The van der Waals surface area contributed by atoms with Gasteiger partial charge in [0.1, 0.15) is 6.61 Å². The lowest BCUT2D eigenvalue weighted by Crippen LogP contribution is -2.10. The van der Waals surface area contributed by atoms with Gasteiger partial charge in [-0.3, -0.25) is 0 Å². The van der Waals surface area contributed by atoms with E-state index in [-0.39, 0.29) is 12.6 Å². The fourth-order valence-electron chi connectivity index (χ4n) is 0.949. The summed E-state index contributed by atoms with van der Waals surface area (Å²) in [6.45, 7) is 0.658. The summed E-state index contributed by atoms with van der Waals surface area (Å²) >= 11 is 6.58. The molecule has 1 aromatic carbocycles. The average molecular weight is 338 g/mol. The van der Waals surface area contributed by atoms with Gasteiger partial charge in [-0.25, -0.2) is 4.79 Å². The number of carbonyl (C=O) groups is 1. The Morgan fingerprint density at radius 1 is 1.33 bits per heavy atom. The number of hydrogen-bond donors (Lipinski definition) is 0. The van der Waals surface area contributed by atoms with E-state index in [2.05, 4.69) is 31.9 Å². The van der Waals surface area contributed by atoms with Gasteiger partial charge in [-0.15, -0.1) is 0 Å². The van der Waals surface area contributed by atoms with Crippen LogP contribution in [0.25, 0.3) is 0 Å². The van der Waals surface area contributed by atoms with Gasteiger partial charge in [0.15, 0.2) is 0 Å². The Bertz CT molecular complexity index is 353. The van der Waals surface area contributed by atoms with Gasteiger partial charge in [0.25, 0.3) is 0 Å². The predicted molar refractivity (Wildman–Crippen MR) is 64.0 cm³/mol. The Hall–Kier alpha value is -0.390. The van der Waals surface area contributed by atoms with E-state index in [0.717, 1.165) is 4.47 Å². The van der Waals surface area contributed by atoms with E-state index in [4.69, 9.17) is 9.47 Å². The standard InChI is InChI=1S/C10H10Br2O3/c1-14-4-5-15-10(13)8-6-7(11)2-3-9(8)12/h2-3,6H,4-5H2,1H3. The summed E-state index contributed by atoms with van der Waals surface area (Å²) in [6.07, 6.45) is 0. The molecule has 5 heteroatoms. The van der Waals surface area contributed by atoms with E-state index in [1.54, 1.807) is 19.2 Å². The number of halogens is 2. The zero-order valence-corrected chi connectivity index (χ0v) is 11.3. The Balaban J connectivity index is 2.68. The molecule has 82 valence electrons. The van der Waals surface area contributed by atoms with E-state index >= 15 is 0 Å². The molecular weight excluding hydrogens is 328 g/mol. The monoisotopic (exact) mass is 336 g/mol. The molecular formula is C10H10Br2O3. The fourth-order valence-corrected chi connectivity index (χ4v) is 1.72. The van der Waals surface area contributed by atoms with Crippen molar-refractivity contribution in [3.8, 4) is 0 Å². The molecule has 15 heavy (non-hydrogen) atoms. The molecule has 0 saturated carbocycles. The topological polar surface area (TPSA) is 35.5 Å². The normalized spacial score (nSPS) is 10.1. The first-order chi connectivity index (χ1) is 7.15. The summed E-state index contributed by atoms with van der Waals surface area (Å²) < 4.78 is 11.3. The van der Waals surface area contributed by atoms with E-state index < -0.39 is 0 Å². The van der Waals surface area contributed by atoms with Crippen molar-refractivity contribution in [2.24, 2.45) is 0 Å². The second-order valence-corrected chi connectivity index (χ2v) is 4.52. The minimum absolute atomic E-state index is 0.258. The Morgan fingerprint density at radius 2 is 2.07 bits per heavy atom. The van der Waals surface area contributed by atoms with Crippen molar-refractivity contribution in [1.29, 1.82) is 0 Å². The van der Waals surface area contributed by atoms with Gasteiger partial charge in [-0.05, 0) is 34.1 Å². The van der Waals surface area contributed by atoms with E-state index in [1.165, 1.54) is 0 Å². The summed E-state index contributed by atoms with van der Waals surface area (Å²) in [7, 11) is 1.56. The Labute approximate surface area is 105 Å². The smallest absolute Gasteiger partial charge is 0.339 e. The summed E-state index contributed by atoms with van der Waals surface area (Å²) in [5.41, 5.74) is 0.500. The van der Waals surface area contributed by atoms with Crippen LogP contribution in [0.1, 0.15) is 10.4 Å². The van der Waals surface area contributed by atoms with E-state index in [0.29, 0.717) is 16.6 Å². The molecule has 0 heterocycles. The molecule has 0 fully saturated rings. The molecule has 0 unspecified atom stereocenters. The van der Waals surface area contributed by atoms with Gasteiger partial charge in [-0.2, -0.15) is 0 Å². The van der Waals surface area contributed by atoms with Crippen molar-refractivity contribution in [1.82, 2.24) is 0 Å². The molecule has 0 N–H and O–H groups in total. The maximum Gasteiger partial charge on any atom is 0.339 e. The molecule has 0 spiro atoms. The minimum Gasteiger partial charge on any atom is -0.460 e. The van der Waals surface area contributed by atoms with Crippen LogP contribution in [0.5, 0.6) is 0 Å². The molecule has 0 bridgehead atoms. The number of hydrogen-bond acceptors (Lipinski definition) is 3. The highest BCUT2D eigenvalue weighted by Gasteiger charge is 2.11. The maximum absolute atomic E-state index is 11.6. The number of benzene rings is 1. The average Bonchev–Trinajstić information content (AvgIpc) is 2.22. The first-order valence-corrected chi connectivity index (χ1v) is 5.85. The van der Waals surface area contributed by atoms with Crippen LogP contribution in [0.3, 0.4) is 0 Å². The third-order valence-electron chi connectivity index (χ3n) is 1.67. The highest BCUT2D eigenvalue weighted by Crippen LogP contribution is 2.22. The highest BCUT2D eigenvalue weighted by atomic mass is 79.9. The van der Waals surface area contributed by atoms with Crippen molar-refractivity contribution < 1.29 is 14.3 Å². The van der Waals surface area contributed by atoms with Gasteiger partial charge in [0.05, 0.1) is 12.2 Å². The lowest BCUT2D eigenvalue weighted by molar-refractivity contribution is 0.0387. The molecule has 0 aliphatic carbocycles. The number of rotatable bonds is 4. The molecule has 0 radical (unpaired) electrons. The fraction of sp³-hybridized carbons (Fsp3) is 0.300. The van der Waals surface area contributed by atoms with Gasteiger partial charge in [-0.1, -0.05) is 15.9 Å². The van der Waals surface area contributed by atoms with Crippen LogP contribution in [-0.2, 0) is 9.47 Å².